The molecule has 8 rings (SSSR count). The summed E-state index contributed by atoms with van der Waals surface area (Å²) < 4.78 is 70.5. The molecule has 0 saturated carbocycles. The highest BCUT2D eigenvalue weighted by Gasteiger charge is 2.47. The molecule has 5 aromatic rings. The second kappa shape index (κ2) is 17.4. The van der Waals surface area contributed by atoms with Gasteiger partial charge < -0.3 is 33.7 Å². The number of hydrogen-bond donors (Lipinski definition) is 2. The van der Waals surface area contributed by atoms with Crippen molar-refractivity contribution in [2.75, 3.05) is 33.2 Å². The third kappa shape index (κ3) is 8.89. The van der Waals surface area contributed by atoms with E-state index < -0.39 is 69.5 Å². The van der Waals surface area contributed by atoms with Gasteiger partial charge in [0.25, 0.3) is 5.56 Å². The third-order valence-electron chi connectivity index (χ3n) is 9.47. The molecule has 3 aliphatic heterocycles. The quantitative estimate of drug-likeness (QED) is 0.118. The number of aromatic nitrogens is 6. The van der Waals surface area contributed by atoms with Crippen molar-refractivity contribution in [1.82, 2.24) is 29.1 Å². The maximum absolute atomic E-state index is 13.9. The zero-order valence-corrected chi connectivity index (χ0v) is 33.5. The number of methoxy groups -OCH3 is 1. The standard InChI is InChI=1S/C35H37N7O13P2S/c1-47-22-9-5-21(6-10-22)34(44)51-23-7-3-20(4-8-23)17-58-56-49-15-26-25(14-30(52-26)42-19-39-31-32(36)37-18-38-33(31)42)55-57(46,48-2)50-16-27-24(54-56)13-29(53-27)41-12-11-28(43)40-35(41)45/h3-12,18-19,24-27,29-30H,13-17H2,1-2H3,(H2,36,37,38)(H,40,43,45)/t24-,25-,26?,27?,29?,30?,56?,57?/m0/s1. The molecule has 23 heteroatoms. The van der Waals surface area contributed by atoms with Crippen LogP contribution in [-0.2, 0) is 42.4 Å². The van der Waals surface area contributed by atoms with Crippen LogP contribution in [0.3, 0.4) is 0 Å². The van der Waals surface area contributed by atoms with Crippen molar-refractivity contribution >= 4 is 49.7 Å². The minimum atomic E-state index is -4.23. The molecule has 0 amide bonds. The van der Waals surface area contributed by atoms with E-state index in [-0.39, 0.29) is 31.9 Å². The molecule has 6 heterocycles. The molecular weight excluding hydrogens is 820 g/mol. The monoisotopic (exact) mass is 857 g/mol. The number of carbonyl (C=O) groups is 1. The number of fused-ring (bicyclic) bond motifs is 3. The Labute approximate surface area is 334 Å². The van der Waals surface area contributed by atoms with Gasteiger partial charge in [0.05, 0.1) is 38.3 Å². The number of phosphoric acid groups is 1. The van der Waals surface area contributed by atoms with Gasteiger partial charge in [0.2, 0.25) is 7.58 Å². The van der Waals surface area contributed by atoms with E-state index in [0.717, 1.165) is 5.56 Å². The zero-order chi connectivity index (χ0) is 40.4. The largest absolute Gasteiger partial charge is 0.497 e. The van der Waals surface area contributed by atoms with Crippen LogP contribution in [0.2, 0.25) is 0 Å². The number of nitrogens with two attached hydrogens (primary N) is 1. The number of nitrogen functional groups attached to an aromatic ring is 1. The molecule has 3 aromatic heterocycles. The summed E-state index contributed by atoms with van der Waals surface area (Å²) in [5.74, 6) is 1.10. The molecule has 58 heavy (non-hydrogen) atoms. The molecule has 3 aliphatic rings. The summed E-state index contributed by atoms with van der Waals surface area (Å²) in [6.45, 7) is -0.367. The summed E-state index contributed by atoms with van der Waals surface area (Å²) in [4.78, 5) is 52.1. The van der Waals surface area contributed by atoms with Gasteiger partial charge in [-0.2, -0.15) is 0 Å². The molecule has 2 aromatic carbocycles. The van der Waals surface area contributed by atoms with Crippen LogP contribution in [0.15, 0.2) is 83.0 Å². The Balaban J connectivity index is 1.02. The van der Waals surface area contributed by atoms with Crippen LogP contribution in [0, 0.1) is 0 Å². The number of phosphoric ester groups is 1. The highest BCUT2D eigenvalue weighted by atomic mass is 32.7. The lowest BCUT2D eigenvalue weighted by Crippen LogP contribution is -2.32. The van der Waals surface area contributed by atoms with Crippen molar-refractivity contribution in [2.45, 2.75) is 55.5 Å². The predicted molar refractivity (Wildman–Crippen MR) is 207 cm³/mol. The molecular formula is C35H37N7O13P2S. The number of imidazole rings is 1. The fraction of sp³-hybridized carbons (Fsp3) is 0.371. The van der Waals surface area contributed by atoms with Crippen molar-refractivity contribution in [3.05, 3.63) is 105 Å². The lowest BCUT2D eigenvalue weighted by Gasteiger charge is -2.29. The topological polar surface area (TPSA) is 242 Å². The first-order valence-corrected chi connectivity index (χ1v) is 22.0. The van der Waals surface area contributed by atoms with Crippen LogP contribution < -0.4 is 26.5 Å². The second-order valence-corrected chi connectivity index (χ2v) is 18.0. The molecule has 0 aliphatic carbocycles. The maximum atomic E-state index is 13.9. The number of nitrogens with zero attached hydrogens (tertiary/aromatic N) is 5. The van der Waals surface area contributed by atoms with E-state index in [1.807, 2.05) is 12.1 Å². The van der Waals surface area contributed by atoms with Gasteiger partial charge in [0.15, 0.2) is 11.5 Å². The van der Waals surface area contributed by atoms with E-state index in [2.05, 4.69) is 19.9 Å². The molecule has 3 N–H and O–H groups in total. The van der Waals surface area contributed by atoms with Crippen molar-refractivity contribution in [2.24, 2.45) is 0 Å². The minimum Gasteiger partial charge on any atom is -0.497 e. The summed E-state index contributed by atoms with van der Waals surface area (Å²) in [5.41, 5.74) is 6.87. The van der Waals surface area contributed by atoms with Crippen LogP contribution in [0.4, 0.5) is 5.82 Å². The van der Waals surface area contributed by atoms with Crippen LogP contribution in [0.5, 0.6) is 11.5 Å². The summed E-state index contributed by atoms with van der Waals surface area (Å²) >= 11 is 1.38. The van der Waals surface area contributed by atoms with Gasteiger partial charge in [0, 0.05) is 38.0 Å². The number of nitrogens with one attached hydrogen (secondary N) is 1. The predicted octanol–water partition coefficient (Wildman–Crippen LogP) is 4.49. The van der Waals surface area contributed by atoms with E-state index in [9.17, 15) is 18.9 Å². The minimum absolute atomic E-state index is 0.0609. The van der Waals surface area contributed by atoms with E-state index >= 15 is 0 Å². The molecule has 0 radical (unpaired) electrons. The molecule has 0 bridgehead atoms. The number of anilines is 1. The van der Waals surface area contributed by atoms with Gasteiger partial charge in [-0.3, -0.25) is 32.5 Å². The number of aromatic amines is 1. The number of benzene rings is 2. The summed E-state index contributed by atoms with van der Waals surface area (Å²) in [5, 5.41) is 0. The van der Waals surface area contributed by atoms with Gasteiger partial charge in [-0.05, 0) is 42.0 Å². The second-order valence-electron chi connectivity index (χ2n) is 13.1. The lowest BCUT2D eigenvalue weighted by molar-refractivity contribution is -0.0600. The Morgan fingerprint density at radius 2 is 1.66 bits per heavy atom. The van der Waals surface area contributed by atoms with Gasteiger partial charge in [-0.1, -0.05) is 23.5 Å². The molecule has 0 spiro atoms. The Morgan fingerprint density at radius 1 is 0.931 bits per heavy atom. The molecule has 6 unspecified atom stereocenters. The highest BCUT2D eigenvalue weighted by Crippen LogP contribution is 2.58. The van der Waals surface area contributed by atoms with Gasteiger partial charge in [-0.15, -0.1) is 0 Å². The molecule has 3 saturated heterocycles. The van der Waals surface area contributed by atoms with Crippen LogP contribution >= 0.6 is 26.8 Å². The summed E-state index contributed by atoms with van der Waals surface area (Å²) in [6, 6.07) is 14.8. The van der Waals surface area contributed by atoms with Gasteiger partial charge >= 0.3 is 19.5 Å². The van der Waals surface area contributed by atoms with Crippen LogP contribution in [0.1, 0.15) is 41.2 Å². The zero-order valence-electron chi connectivity index (χ0n) is 30.9. The van der Waals surface area contributed by atoms with E-state index in [1.165, 1.54) is 48.0 Å². The molecule has 8 atom stereocenters. The first-order valence-electron chi connectivity index (χ1n) is 17.8. The third-order valence-corrected chi connectivity index (χ3v) is 14.0. The normalized spacial score (nSPS) is 27.6. The Bertz CT molecular complexity index is 2420. The van der Waals surface area contributed by atoms with E-state index in [0.29, 0.717) is 34.0 Å². The number of esters is 1. The first kappa shape index (κ1) is 40.3. The molecule has 20 nitrogen and oxygen atoms in total. The van der Waals surface area contributed by atoms with Crippen LogP contribution in [0.25, 0.3) is 11.2 Å². The highest BCUT2D eigenvalue weighted by molar-refractivity contribution is 8.52. The first-order chi connectivity index (χ1) is 28.1. The van der Waals surface area contributed by atoms with Crippen molar-refractivity contribution < 1.29 is 50.9 Å². The van der Waals surface area contributed by atoms with E-state index in [4.69, 9.17) is 47.3 Å². The number of H-pyrrole nitrogens is 1. The molecule has 306 valence electrons. The number of carbonyl (C=O) groups excluding carboxylic acids is 1. The Morgan fingerprint density at radius 3 is 2.40 bits per heavy atom. The van der Waals surface area contributed by atoms with Crippen molar-refractivity contribution in [3.63, 3.8) is 0 Å². The Kier molecular flexibility index (Phi) is 12.1. The maximum Gasteiger partial charge on any atom is 0.474 e. The SMILES string of the molecule is COc1ccc(C(=O)Oc2ccc(CSP3OCC4OC(n5cnc6c(N)ncnc65)C[C@@H]4OP(=O)(OC)OCC4OC(n5ccc(=O)[nH]c5=O)C[C@@H]4O3)cc2)cc1. The number of rotatable bonds is 9. The fourth-order valence-electron chi connectivity index (χ4n) is 6.47. The summed E-state index contributed by atoms with van der Waals surface area (Å²) in [7, 11) is -3.25. The summed E-state index contributed by atoms with van der Waals surface area (Å²) in [6.07, 6.45) is -0.267. The van der Waals surface area contributed by atoms with Gasteiger partial charge in [0.1, 0.15) is 54.1 Å². The average Bonchev–Trinajstić information content (AvgIpc) is 3.95. The smallest absolute Gasteiger partial charge is 0.474 e. The van der Waals surface area contributed by atoms with E-state index in [1.54, 1.807) is 48.1 Å². The Hall–Kier alpha value is -4.53. The van der Waals surface area contributed by atoms with Crippen molar-refractivity contribution in [1.29, 1.82) is 0 Å². The van der Waals surface area contributed by atoms with Gasteiger partial charge in [-0.25, -0.2) is 29.1 Å². The molecule has 3 fully saturated rings. The number of hydrogen-bond acceptors (Lipinski definition) is 18. The number of ether oxygens (including phenoxy) is 4. The van der Waals surface area contributed by atoms with Crippen LogP contribution in [-0.4, -0.2) is 86.9 Å². The average molecular weight is 858 g/mol. The van der Waals surface area contributed by atoms with Crippen molar-refractivity contribution in [3.8, 4) is 11.5 Å². The lowest BCUT2D eigenvalue weighted by atomic mass is 10.2. The fourth-order valence-corrected chi connectivity index (χ4v) is 10.6.